The first-order valence-corrected chi connectivity index (χ1v) is 9.08. The van der Waals surface area contributed by atoms with E-state index >= 15 is 0 Å². The monoisotopic (exact) mass is 414 g/mol. The highest BCUT2D eigenvalue weighted by Gasteiger charge is 2.44. The predicted octanol–water partition coefficient (Wildman–Crippen LogP) is 2.77. The van der Waals surface area contributed by atoms with Crippen molar-refractivity contribution in [1.82, 2.24) is 4.90 Å². The van der Waals surface area contributed by atoms with E-state index in [0.29, 0.717) is 10.7 Å². The van der Waals surface area contributed by atoms with E-state index in [1.807, 2.05) is 0 Å². The van der Waals surface area contributed by atoms with Gasteiger partial charge >= 0.3 is 0 Å². The number of rotatable bonds is 5. The SMILES string of the molecule is CSCC[C@@H](C(=O)[O-])N1C(=O)c2c(Cl)c(Cl)c(Cl)c(Cl)c2C1=O. The molecule has 0 saturated heterocycles. The Bertz CT molecular complexity index is 678. The molecule has 1 aliphatic rings. The number of hydrogen-bond donors (Lipinski definition) is 0. The van der Waals surface area contributed by atoms with Gasteiger partial charge in [0.2, 0.25) is 0 Å². The van der Waals surface area contributed by atoms with E-state index in [4.69, 9.17) is 46.4 Å². The lowest BCUT2D eigenvalue weighted by atomic mass is 10.1. The van der Waals surface area contributed by atoms with Gasteiger partial charge in [-0.1, -0.05) is 46.4 Å². The van der Waals surface area contributed by atoms with Crippen molar-refractivity contribution >= 4 is 75.9 Å². The number of fused-ring (bicyclic) bond motifs is 1. The quantitative estimate of drug-likeness (QED) is 0.419. The lowest BCUT2D eigenvalue weighted by Crippen LogP contribution is -2.50. The summed E-state index contributed by atoms with van der Waals surface area (Å²) in [6.45, 7) is 0. The van der Waals surface area contributed by atoms with Gasteiger partial charge in [-0.2, -0.15) is 11.8 Å². The molecule has 1 heterocycles. The normalized spacial score (nSPS) is 15.1. The Balaban J connectivity index is 2.59. The van der Waals surface area contributed by atoms with Crippen molar-refractivity contribution in [3.63, 3.8) is 0 Å². The van der Waals surface area contributed by atoms with Gasteiger partial charge in [-0.3, -0.25) is 14.5 Å². The van der Waals surface area contributed by atoms with Crippen molar-refractivity contribution in [2.45, 2.75) is 12.5 Å². The minimum absolute atomic E-state index is 0.0334. The van der Waals surface area contributed by atoms with Crippen LogP contribution in [0.3, 0.4) is 0 Å². The van der Waals surface area contributed by atoms with Crippen molar-refractivity contribution in [2.75, 3.05) is 12.0 Å². The van der Waals surface area contributed by atoms with Crippen molar-refractivity contribution in [3.05, 3.63) is 31.2 Å². The summed E-state index contributed by atoms with van der Waals surface area (Å²) in [5.74, 6) is -2.90. The first-order valence-electron chi connectivity index (χ1n) is 6.17. The van der Waals surface area contributed by atoms with E-state index < -0.39 is 23.8 Å². The zero-order chi connectivity index (χ0) is 17.5. The largest absolute Gasteiger partial charge is 0.548 e. The van der Waals surface area contributed by atoms with Crippen molar-refractivity contribution in [1.29, 1.82) is 0 Å². The third-order valence-electron chi connectivity index (χ3n) is 3.31. The lowest BCUT2D eigenvalue weighted by Gasteiger charge is -2.26. The van der Waals surface area contributed by atoms with E-state index in [1.54, 1.807) is 6.26 Å². The average Bonchev–Trinajstić information content (AvgIpc) is 2.75. The summed E-state index contributed by atoms with van der Waals surface area (Å²) < 4.78 is 0. The molecule has 124 valence electrons. The van der Waals surface area contributed by atoms with Gasteiger partial charge in [-0.15, -0.1) is 0 Å². The van der Waals surface area contributed by atoms with E-state index in [2.05, 4.69) is 0 Å². The van der Waals surface area contributed by atoms with E-state index in [9.17, 15) is 19.5 Å². The fraction of sp³-hybridized carbons (Fsp3) is 0.308. The maximum absolute atomic E-state index is 12.5. The molecule has 5 nitrogen and oxygen atoms in total. The second kappa shape index (κ2) is 7.07. The van der Waals surface area contributed by atoms with Crippen molar-refractivity contribution in [2.24, 2.45) is 0 Å². The summed E-state index contributed by atoms with van der Waals surface area (Å²) in [5.41, 5.74) is -0.488. The Kier molecular flexibility index (Phi) is 5.74. The fourth-order valence-electron chi connectivity index (χ4n) is 2.23. The Morgan fingerprint density at radius 1 is 1.04 bits per heavy atom. The molecule has 23 heavy (non-hydrogen) atoms. The number of carbonyl (C=O) groups is 3. The molecule has 0 N–H and O–H groups in total. The number of halogens is 4. The standard InChI is InChI=1S/C13H9Cl4NO4S/c1-23-3-2-4(13(21)22)18-11(19)5-6(12(18)20)8(15)10(17)9(16)7(5)14/h4H,2-3H2,1H3,(H,21,22)/p-1/t4-/m0/s1. The summed E-state index contributed by atoms with van der Waals surface area (Å²) in [7, 11) is 0. The first kappa shape index (κ1) is 18.7. The Hall–Kier alpha value is -0.660. The molecule has 1 aromatic carbocycles. The summed E-state index contributed by atoms with van der Waals surface area (Å²) in [6, 6.07) is -1.43. The number of hydrogen-bond acceptors (Lipinski definition) is 5. The van der Waals surface area contributed by atoms with Gasteiger partial charge < -0.3 is 9.90 Å². The van der Waals surface area contributed by atoms with Gasteiger partial charge in [0.25, 0.3) is 11.8 Å². The van der Waals surface area contributed by atoms with Crippen LogP contribution in [0, 0.1) is 0 Å². The van der Waals surface area contributed by atoms with Gasteiger partial charge in [0.15, 0.2) is 0 Å². The van der Waals surface area contributed by atoms with E-state index in [1.165, 1.54) is 11.8 Å². The van der Waals surface area contributed by atoms with E-state index in [0.717, 1.165) is 0 Å². The highest BCUT2D eigenvalue weighted by Crippen LogP contribution is 2.45. The topological polar surface area (TPSA) is 77.5 Å². The van der Waals surface area contributed by atoms with Gasteiger partial charge in [-0.25, -0.2) is 0 Å². The number of aliphatic carboxylic acids is 1. The third kappa shape index (κ3) is 3.03. The highest BCUT2D eigenvalue weighted by molar-refractivity contribution is 7.98. The first-order chi connectivity index (χ1) is 10.7. The Labute approximate surface area is 155 Å². The number of thioether (sulfide) groups is 1. The molecule has 1 aliphatic heterocycles. The third-order valence-corrected chi connectivity index (χ3v) is 5.76. The number of carbonyl (C=O) groups excluding carboxylic acids is 3. The van der Waals surface area contributed by atoms with Crippen LogP contribution < -0.4 is 5.11 Å². The molecule has 2 amide bonds. The summed E-state index contributed by atoms with van der Waals surface area (Å²) in [6.07, 6.45) is 1.80. The van der Waals surface area contributed by atoms with Gasteiger partial charge in [-0.05, 0) is 18.4 Å². The maximum Gasteiger partial charge on any atom is 0.263 e. The van der Waals surface area contributed by atoms with Gasteiger partial charge in [0.1, 0.15) is 0 Å². The smallest absolute Gasteiger partial charge is 0.263 e. The summed E-state index contributed by atoms with van der Waals surface area (Å²) in [5, 5.41) is 10.5. The molecule has 2 rings (SSSR count). The molecular weight excluding hydrogens is 408 g/mol. The molecule has 1 aromatic rings. The number of amides is 2. The summed E-state index contributed by atoms with van der Waals surface area (Å²) >= 11 is 25.1. The van der Waals surface area contributed by atoms with Gasteiger partial charge in [0.05, 0.1) is 43.2 Å². The van der Waals surface area contributed by atoms with Crippen LogP contribution in [0.15, 0.2) is 0 Å². The molecule has 0 saturated carbocycles. The molecule has 0 aliphatic carbocycles. The average molecular weight is 416 g/mol. The molecule has 0 unspecified atom stereocenters. The fourth-order valence-corrected chi connectivity index (χ4v) is 3.70. The molecule has 10 heteroatoms. The molecule has 0 radical (unpaired) electrons. The molecule has 1 atom stereocenters. The van der Waals surface area contributed by atoms with Crippen LogP contribution in [-0.2, 0) is 4.79 Å². The maximum atomic E-state index is 12.5. The molecule has 0 bridgehead atoms. The van der Waals surface area contributed by atoms with Crippen LogP contribution in [0.5, 0.6) is 0 Å². The van der Waals surface area contributed by atoms with Crippen LogP contribution in [0.1, 0.15) is 27.1 Å². The molecular formula is C13H8Cl4NO4S-. The summed E-state index contributed by atoms with van der Waals surface area (Å²) in [4.78, 5) is 37.0. The number of carboxylic acid groups (broad SMARTS) is 1. The van der Waals surface area contributed by atoms with Gasteiger partial charge in [0, 0.05) is 0 Å². The zero-order valence-electron chi connectivity index (χ0n) is 11.5. The van der Waals surface area contributed by atoms with Crippen LogP contribution >= 0.6 is 58.2 Å². The zero-order valence-corrected chi connectivity index (χ0v) is 15.3. The minimum Gasteiger partial charge on any atom is -0.548 e. The molecule has 0 aromatic heterocycles. The van der Waals surface area contributed by atoms with Crippen LogP contribution in [-0.4, -0.2) is 40.7 Å². The molecule has 0 fully saturated rings. The number of imide groups is 1. The number of nitrogens with zero attached hydrogens (tertiary/aromatic N) is 1. The van der Waals surface area contributed by atoms with Crippen LogP contribution in [0.25, 0.3) is 0 Å². The lowest BCUT2D eigenvalue weighted by molar-refractivity contribution is -0.310. The van der Waals surface area contributed by atoms with E-state index in [-0.39, 0.29) is 37.6 Å². The second-order valence-electron chi connectivity index (χ2n) is 4.60. The second-order valence-corrected chi connectivity index (χ2v) is 7.10. The number of benzene rings is 1. The predicted molar refractivity (Wildman–Crippen MR) is 88.8 cm³/mol. The minimum atomic E-state index is -1.54. The van der Waals surface area contributed by atoms with Crippen LogP contribution in [0.2, 0.25) is 20.1 Å². The number of carboxylic acids is 1. The van der Waals surface area contributed by atoms with Crippen molar-refractivity contribution in [3.8, 4) is 0 Å². The Morgan fingerprint density at radius 2 is 1.48 bits per heavy atom. The molecule has 0 spiro atoms. The van der Waals surface area contributed by atoms with Crippen LogP contribution in [0.4, 0.5) is 0 Å². The van der Waals surface area contributed by atoms with Crippen molar-refractivity contribution < 1.29 is 19.5 Å². The Morgan fingerprint density at radius 3 is 1.83 bits per heavy atom. The highest BCUT2D eigenvalue weighted by atomic mass is 35.5.